The fourth-order valence-corrected chi connectivity index (χ4v) is 1.56. The van der Waals surface area contributed by atoms with Crippen LogP contribution < -0.4 is 0 Å². The van der Waals surface area contributed by atoms with Crippen LogP contribution >= 0.6 is 24.0 Å². The topological polar surface area (TPSA) is 9.23 Å². The minimum atomic E-state index is -5.62. The highest BCUT2D eigenvalue weighted by molar-refractivity contribution is 8.23. The highest BCUT2D eigenvalue weighted by Crippen LogP contribution is 2.44. The maximum atomic E-state index is 12.4. The Balaban J connectivity index is 3.96. The summed E-state index contributed by atoms with van der Waals surface area (Å²) < 4.78 is 63.9. The molecule has 0 aliphatic heterocycles. The van der Waals surface area contributed by atoms with Crippen molar-refractivity contribution in [3.05, 3.63) is 0 Å². The quantitative estimate of drug-likeness (QED) is 0.421. The summed E-state index contributed by atoms with van der Waals surface area (Å²) in [4.78, 5) is 0. The number of hydrogen-bond acceptors (Lipinski definition) is 3. The van der Waals surface area contributed by atoms with Crippen LogP contribution in [0.25, 0.3) is 0 Å². The fourth-order valence-electron chi connectivity index (χ4n) is 0.700. The molecule has 96 valence electrons. The number of rotatable bonds is 5. The molecule has 0 aromatic carbocycles. The summed E-state index contributed by atoms with van der Waals surface area (Å²) in [7, 11) is 0. The van der Waals surface area contributed by atoms with Gasteiger partial charge in [0.1, 0.15) is 0 Å². The second kappa shape index (κ2) is 6.58. The minimum Gasteiger partial charge on any atom is -0.478 e. The van der Waals surface area contributed by atoms with Gasteiger partial charge in [0.15, 0.2) is 0 Å². The number of thiocarbonyl (C=S) groups is 1. The Morgan fingerprint density at radius 2 is 1.75 bits per heavy atom. The molecule has 0 radical (unpaired) electrons. The third-order valence-corrected chi connectivity index (χ3v) is 2.65. The van der Waals surface area contributed by atoms with Crippen LogP contribution in [0.5, 0.6) is 0 Å². The molecular weight excluding hydrogens is 271 g/mol. The molecule has 0 saturated heterocycles. The molecule has 8 heteroatoms. The van der Waals surface area contributed by atoms with Crippen molar-refractivity contribution >= 4 is 28.4 Å². The summed E-state index contributed by atoms with van der Waals surface area (Å²) in [6.07, 6.45) is -3.34. The maximum Gasteiger partial charge on any atom is 0.464 e. The zero-order chi connectivity index (χ0) is 12.8. The zero-order valence-corrected chi connectivity index (χ0v) is 10.1. The predicted molar refractivity (Wildman–Crippen MR) is 56.7 cm³/mol. The third kappa shape index (κ3) is 5.83. The first-order valence-electron chi connectivity index (χ1n) is 4.51. The maximum absolute atomic E-state index is 12.4. The van der Waals surface area contributed by atoms with E-state index in [4.69, 9.17) is 0 Å². The van der Waals surface area contributed by atoms with Gasteiger partial charge in [-0.05, 0) is 18.6 Å². The largest absolute Gasteiger partial charge is 0.478 e. The van der Waals surface area contributed by atoms with E-state index in [2.05, 4.69) is 17.0 Å². The van der Waals surface area contributed by atoms with Crippen LogP contribution in [0.15, 0.2) is 0 Å². The van der Waals surface area contributed by atoms with Crippen LogP contribution in [0.2, 0.25) is 0 Å². The van der Waals surface area contributed by atoms with Crippen molar-refractivity contribution in [2.24, 2.45) is 0 Å². The molecule has 0 aromatic heterocycles. The van der Waals surface area contributed by atoms with Crippen molar-refractivity contribution in [1.82, 2.24) is 0 Å². The van der Waals surface area contributed by atoms with E-state index in [0.717, 1.165) is 12.8 Å². The zero-order valence-electron chi connectivity index (χ0n) is 8.44. The molecule has 0 heterocycles. The highest BCUT2D eigenvalue weighted by atomic mass is 32.2. The van der Waals surface area contributed by atoms with E-state index in [0.29, 0.717) is 6.42 Å². The van der Waals surface area contributed by atoms with Gasteiger partial charge in [-0.3, -0.25) is 0 Å². The van der Waals surface area contributed by atoms with Crippen molar-refractivity contribution in [3.8, 4) is 0 Å². The lowest BCUT2D eigenvalue weighted by atomic mass is 10.3. The summed E-state index contributed by atoms with van der Waals surface area (Å²) in [5, 5.41) is -4.89. The van der Waals surface area contributed by atoms with E-state index in [1.807, 2.05) is 6.92 Å². The smallest absolute Gasteiger partial charge is 0.464 e. The van der Waals surface area contributed by atoms with Gasteiger partial charge in [0, 0.05) is 11.8 Å². The van der Waals surface area contributed by atoms with E-state index >= 15 is 0 Å². The second-order valence-electron chi connectivity index (χ2n) is 2.92. The highest BCUT2D eigenvalue weighted by Gasteiger charge is 2.59. The van der Waals surface area contributed by atoms with Gasteiger partial charge in [0.25, 0.3) is 0 Å². The first-order chi connectivity index (χ1) is 7.20. The molecule has 0 amide bonds. The van der Waals surface area contributed by atoms with E-state index in [9.17, 15) is 22.0 Å². The summed E-state index contributed by atoms with van der Waals surface area (Å²) in [5.41, 5.74) is 0. The normalized spacial score (nSPS) is 12.6. The Morgan fingerprint density at radius 1 is 1.19 bits per heavy atom. The van der Waals surface area contributed by atoms with Crippen molar-refractivity contribution in [2.45, 2.75) is 37.6 Å². The van der Waals surface area contributed by atoms with E-state index < -0.39 is 27.6 Å². The number of halogens is 5. The van der Waals surface area contributed by atoms with E-state index in [-0.39, 0.29) is 6.61 Å². The standard InChI is InChI=1S/C8H11F5OS2/c1-2-3-4-5-14-6(15)16-8(12,13)7(9,10)11/h2-5H2,1H3. The van der Waals surface area contributed by atoms with E-state index in [1.165, 1.54) is 0 Å². The lowest BCUT2D eigenvalue weighted by Gasteiger charge is -2.18. The monoisotopic (exact) mass is 282 g/mol. The lowest BCUT2D eigenvalue weighted by Crippen LogP contribution is -2.34. The van der Waals surface area contributed by atoms with Crippen LogP contribution in [0, 0.1) is 0 Å². The Kier molecular flexibility index (Phi) is 6.54. The molecule has 1 nitrogen and oxygen atoms in total. The van der Waals surface area contributed by atoms with Gasteiger partial charge in [0.2, 0.25) is 4.38 Å². The van der Waals surface area contributed by atoms with Crippen LogP contribution in [0.4, 0.5) is 22.0 Å². The van der Waals surface area contributed by atoms with Crippen molar-refractivity contribution in [1.29, 1.82) is 0 Å². The van der Waals surface area contributed by atoms with Gasteiger partial charge in [-0.25, -0.2) is 0 Å². The molecule has 16 heavy (non-hydrogen) atoms. The minimum absolute atomic E-state index is 0.0631. The Hall–Kier alpha value is -0.110. The Bertz CT molecular complexity index is 229. The van der Waals surface area contributed by atoms with Crippen molar-refractivity contribution in [2.75, 3.05) is 6.61 Å². The molecule has 0 bridgehead atoms. The summed E-state index contributed by atoms with van der Waals surface area (Å²) in [5.74, 6) is 0. The van der Waals surface area contributed by atoms with Gasteiger partial charge in [-0.2, -0.15) is 22.0 Å². The number of hydrogen-bond donors (Lipinski definition) is 0. The van der Waals surface area contributed by atoms with Gasteiger partial charge in [-0.15, -0.1) is 0 Å². The first kappa shape index (κ1) is 15.9. The molecule has 0 atom stereocenters. The third-order valence-electron chi connectivity index (χ3n) is 1.51. The van der Waals surface area contributed by atoms with Crippen LogP contribution in [0.3, 0.4) is 0 Å². The fraction of sp³-hybridized carbons (Fsp3) is 0.875. The molecule has 0 rings (SSSR count). The lowest BCUT2D eigenvalue weighted by molar-refractivity contribution is -0.237. The molecule has 0 aliphatic carbocycles. The SMILES string of the molecule is CCCCCOC(=S)SC(F)(F)C(F)(F)F. The average molecular weight is 282 g/mol. The Labute approximate surface area is 99.7 Å². The average Bonchev–Trinajstić information content (AvgIpc) is 2.10. The molecule has 0 saturated carbocycles. The molecule has 0 aromatic rings. The van der Waals surface area contributed by atoms with Gasteiger partial charge >= 0.3 is 11.4 Å². The molecule has 0 N–H and O–H groups in total. The number of unbranched alkanes of at least 4 members (excludes halogenated alkanes) is 2. The molecular formula is C8H11F5OS2. The van der Waals surface area contributed by atoms with Crippen molar-refractivity contribution in [3.63, 3.8) is 0 Å². The number of alkyl halides is 5. The van der Waals surface area contributed by atoms with Gasteiger partial charge in [0.05, 0.1) is 6.61 Å². The van der Waals surface area contributed by atoms with Crippen LogP contribution in [0.1, 0.15) is 26.2 Å². The predicted octanol–water partition coefficient (Wildman–Crippen LogP) is 4.37. The molecule has 0 fully saturated rings. The number of ether oxygens (including phenoxy) is 1. The molecule has 0 spiro atoms. The van der Waals surface area contributed by atoms with Crippen LogP contribution in [-0.4, -0.2) is 22.4 Å². The van der Waals surface area contributed by atoms with E-state index in [1.54, 1.807) is 0 Å². The summed E-state index contributed by atoms with van der Waals surface area (Å²) in [6, 6.07) is 0. The summed E-state index contributed by atoms with van der Waals surface area (Å²) >= 11 is 3.50. The first-order valence-corrected chi connectivity index (χ1v) is 5.73. The van der Waals surface area contributed by atoms with Gasteiger partial charge < -0.3 is 4.74 Å². The second-order valence-corrected chi connectivity index (χ2v) is 4.64. The van der Waals surface area contributed by atoms with Crippen LogP contribution in [-0.2, 0) is 4.74 Å². The molecule has 0 unspecified atom stereocenters. The van der Waals surface area contributed by atoms with Gasteiger partial charge in [-0.1, -0.05) is 19.8 Å². The summed E-state index contributed by atoms with van der Waals surface area (Å²) in [6.45, 7) is 1.98. The Morgan fingerprint density at radius 3 is 2.19 bits per heavy atom. The van der Waals surface area contributed by atoms with Crippen molar-refractivity contribution < 1.29 is 26.7 Å². The number of thioether (sulfide) groups is 1. The molecule has 0 aliphatic rings.